The Kier molecular flexibility index (Phi) is 4.98. The number of amides is 1. The van der Waals surface area contributed by atoms with E-state index in [1.807, 2.05) is 0 Å². The van der Waals surface area contributed by atoms with Gasteiger partial charge in [-0.15, -0.1) is 0 Å². The largest absolute Gasteiger partial charge is 0.453 e. The molecule has 8 heteroatoms. The molecule has 0 bridgehead atoms. The number of morpholine rings is 1. The molecule has 0 saturated carbocycles. The molecule has 0 aliphatic carbocycles. The Labute approximate surface area is 143 Å². The van der Waals surface area contributed by atoms with Crippen LogP contribution in [0, 0.1) is 11.6 Å². The fraction of sp³-hybridized carbons (Fsp3) is 0.412. The number of hydrogen-bond donors (Lipinski definition) is 1. The van der Waals surface area contributed by atoms with Gasteiger partial charge in [-0.25, -0.2) is 13.6 Å². The lowest BCUT2D eigenvalue weighted by atomic mass is 10.0. The van der Waals surface area contributed by atoms with Crippen molar-refractivity contribution in [2.24, 2.45) is 0 Å². The molecule has 2 aliphatic rings. The van der Waals surface area contributed by atoms with Crippen LogP contribution >= 0.6 is 0 Å². The Hall–Kier alpha value is -2.48. The zero-order valence-electron chi connectivity index (χ0n) is 13.7. The first-order valence-corrected chi connectivity index (χ1v) is 7.95. The Morgan fingerprint density at radius 3 is 2.52 bits per heavy atom. The average Bonchev–Trinajstić information content (AvgIpc) is 2.94. The Balaban J connectivity index is 1.84. The van der Waals surface area contributed by atoms with E-state index in [1.165, 1.54) is 13.0 Å². The predicted molar refractivity (Wildman–Crippen MR) is 85.9 cm³/mol. The van der Waals surface area contributed by atoms with Gasteiger partial charge in [0, 0.05) is 20.0 Å². The topological polar surface area (TPSA) is 67.9 Å². The number of rotatable bonds is 4. The summed E-state index contributed by atoms with van der Waals surface area (Å²) in [6.45, 7) is 3.07. The predicted octanol–water partition coefficient (Wildman–Crippen LogP) is 1.25. The number of carbonyl (C=O) groups is 2. The molecule has 134 valence electrons. The van der Waals surface area contributed by atoms with Crippen molar-refractivity contribution in [1.82, 2.24) is 5.32 Å². The molecule has 2 aliphatic heterocycles. The van der Waals surface area contributed by atoms with Crippen LogP contribution in [0.4, 0.5) is 14.5 Å². The highest BCUT2D eigenvalue weighted by molar-refractivity contribution is 6.18. The van der Waals surface area contributed by atoms with Crippen LogP contribution in [0.25, 0.3) is 5.57 Å². The summed E-state index contributed by atoms with van der Waals surface area (Å²) in [5.41, 5.74) is 0.0813. The number of carbonyl (C=O) groups excluding carboxylic acids is 2. The number of cyclic esters (lactones) is 1. The molecule has 1 aromatic carbocycles. The fourth-order valence-electron chi connectivity index (χ4n) is 2.86. The van der Waals surface area contributed by atoms with Crippen LogP contribution in [-0.2, 0) is 19.1 Å². The first-order valence-electron chi connectivity index (χ1n) is 7.95. The van der Waals surface area contributed by atoms with Crippen LogP contribution < -0.4 is 10.2 Å². The highest BCUT2D eigenvalue weighted by atomic mass is 19.1. The molecule has 6 nitrogen and oxygen atoms in total. The molecule has 0 radical (unpaired) electrons. The zero-order valence-corrected chi connectivity index (χ0v) is 13.7. The van der Waals surface area contributed by atoms with E-state index in [1.54, 1.807) is 4.90 Å². The van der Waals surface area contributed by atoms with Crippen molar-refractivity contribution < 1.29 is 27.8 Å². The van der Waals surface area contributed by atoms with E-state index in [4.69, 9.17) is 9.47 Å². The summed E-state index contributed by atoms with van der Waals surface area (Å²) in [4.78, 5) is 24.5. The smallest absolute Gasteiger partial charge is 0.339 e. The zero-order chi connectivity index (χ0) is 18.0. The van der Waals surface area contributed by atoms with Gasteiger partial charge in [0.15, 0.2) is 0 Å². The first-order chi connectivity index (χ1) is 12.0. The van der Waals surface area contributed by atoms with Gasteiger partial charge in [-0.05, 0) is 23.8 Å². The van der Waals surface area contributed by atoms with Crippen molar-refractivity contribution in [2.75, 3.05) is 37.7 Å². The van der Waals surface area contributed by atoms with Crippen LogP contribution in [0.3, 0.4) is 0 Å². The monoisotopic (exact) mass is 352 g/mol. The number of anilines is 1. The van der Waals surface area contributed by atoms with E-state index in [2.05, 4.69) is 5.32 Å². The summed E-state index contributed by atoms with van der Waals surface area (Å²) in [6.07, 6.45) is 0.803. The number of nitrogens with zero attached hydrogens (tertiary/aromatic N) is 1. The van der Waals surface area contributed by atoms with E-state index in [9.17, 15) is 18.4 Å². The van der Waals surface area contributed by atoms with E-state index < -0.39 is 23.7 Å². The van der Waals surface area contributed by atoms with E-state index in [0.717, 1.165) is 12.1 Å². The minimum Gasteiger partial charge on any atom is -0.453 e. The quantitative estimate of drug-likeness (QED) is 0.826. The number of ether oxygens (including phenoxy) is 2. The first kappa shape index (κ1) is 17.3. The van der Waals surface area contributed by atoms with Crippen LogP contribution in [0.15, 0.2) is 18.2 Å². The van der Waals surface area contributed by atoms with E-state index >= 15 is 0 Å². The fourth-order valence-corrected chi connectivity index (χ4v) is 2.86. The molecule has 3 rings (SSSR count). The van der Waals surface area contributed by atoms with Crippen LogP contribution in [-0.4, -0.2) is 50.8 Å². The van der Waals surface area contributed by atoms with Crippen molar-refractivity contribution in [3.63, 3.8) is 0 Å². The molecule has 1 fully saturated rings. The normalized spacial score (nSPS) is 20.3. The molecule has 25 heavy (non-hydrogen) atoms. The van der Waals surface area contributed by atoms with Crippen LogP contribution in [0.2, 0.25) is 0 Å². The van der Waals surface area contributed by atoms with Gasteiger partial charge in [0.1, 0.15) is 23.4 Å². The van der Waals surface area contributed by atoms with Gasteiger partial charge in [-0.2, -0.15) is 0 Å². The summed E-state index contributed by atoms with van der Waals surface area (Å²) in [5.74, 6) is -2.41. The number of halogens is 2. The maximum Gasteiger partial charge on any atom is 0.339 e. The van der Waals surface area contributed by atoms with E-state index in [-0.39, 0.29) is 29.3 Å². The second kappa shape index (κ2) is 7.18. The molecule has 0 unspecified atom stereocenters. The summed E-state index contributed by atoms with van der Waals surface area (Å²) < 4.78 is 39.2. The Bertz CT molecular complexity index is 706. The number of esters is 1. The van der Waals surface area contributed by atoms with Crippen LogP contribution in [0.1, 0.15) is 12.5 Å². The molecular weight excluding hydrogens is 334 g/mol. The summed E-state index contributed by atoms with van der Waals surface area (Å²) in [6, 6.07) is 2.25. The molecule has 1 saturated heterocycles. The second-order valence-corrected chi connectivity index (χ2v) is 5.85. The van der Waals surface area contributed by atoms with Gasteiger partial charge < -0.3 is 19.7 Å². The maximum atomic E-state index is 14.5. The van der Waals surface area contributed by atoms with Crippen molar-refractivity contribution in [3.8, 4) is 0 Å². The lowest BCUT2D eigenvalue weighted by Crippen LogP contribution is -2.37. The molecule has 0 aromatic heterocycles. The summed E-state index contributed by atoms with van der Waals surface area (Å²) in [7, 11) is 0. The number of benzene rings is 1. The third-order valence-corrected chi connectivity index (χ3v) is 4.04. The molecular formula is C17H18F2N2O4. The maximum absolute atomic E-state index is 14.5. The minimum atomic E-state index is -0.740. The van der Waals surface area contributed by atoms with Gasteiger partial charge in [-0.3, -0.25) is 4.79 Å². The molecule has 1 aromatic rings. The molecule has 2 heterocycles. The third kappa shape index (κ3) is 3.79. The van der Waals surface area contributed by atoms with Crippen molar-refractivity contribution in [1.29, 1.82) is 0 Å². The Morgan fingerprint density at radius 2 is 1.92 bits per heavy atom. The lowest BCUT2D eigenvalue weighted by molar-refractivity contribution is -0.138. The molecule has 0 spiro atoms. The third-order valence-electron chi connectivity index (χ3n) is 4.04. The second-order valence-electron chi connectivity index (χ2n) is 5.85. The van der Waals surface area contributed by atoms with Gasteiger partial charge >= 0.3 is 5.97 Å². The Morgan fingerprint density at radius 1 is 1.28 bits per heavy atom. The standard InChI is InChI=1S/C17H18F2N2O4/c1-10(22)20-9-12-8-13(17(23)25-12)11-6-14(18)16(15(19)7-11)21-2-4-24-5-3-21/h6-8,12H,2-5,9H2,1H3,(H,20,22)/t12-/m1/s1. The van der Waals surface area contributed by atoms with Crippen LogP contribution in [0.5, 0.6) is 0 Å². The van der Waals surface area contributed by atoms with Crippen molar-refractivity contribution in [3.05, 3.63) is 35.4 Å². The van der Waals surface area contributed by atoms with Crippen molar-refractivity contribution >= 4 is 23.1 Å². The number of nitrogens with one attached hydrogen (secondary N) is 1. The molecule has 1 atom stereocenters. The van der Waals surface area contributed by atoms with Gasteiger partial charge in [0.2, 0.25) is 5.91 Å². The van der Waals surface area contributed by atoms with Crippen molar-refractivity contribution in [2.45, 2.75) is 13.0 Å². The van der Waals surface area contributed by atoms with E-state index in [0.29, 0.717) is 26.3 Å². The van der Waals surface area contributed by atoms with Gasteiger partial charge in [-0.1, -0.05) is 0 Å². The highest BCUT2D eigenvalue weighted by Crippen LogP contribution is 2.31. The summed E-state index contributed by atoms with van der Waals surface area (Å²) in [5, 5.41) is 2.53. The average molecular weight is 352 g/mol. The summed E-state index contributed by atoms with van der Waals surface area (Å²) >= 11 is 0. The SMILES string of the molecule is CC(=O)NC[C@H]1C=C(c2cc(F)c(N3CCOCC3)c(F)c2)C(=O)O1. The lowest BCUT2D eigenvalue weighted by Gasteiger charge is -2.29. The number of hydrogen-bond acceptors (Lipinski definition) is 5. The highest BCUT2D eigenvalue weighted by Gasteiger charge is 2.29. The van der Waals surface area contributed by atoms with Gasteiger partial charge in [0.25, 0.3) is 0 Å². The molecule has 1 N–H and O–H groups in total. The van der Waals surface area contributed by atoms with Gasteiger partial charge in [0.05, 0.1) is 25.3 Å². The minimum absolute atomic E-state index is 0.0849. The molecule has 1 amide bonds.